The number of esters is 2. The van der Waals surface area contributed by atoms with Crippen LogP contribution in [-0.4, -0.2) is 69.7 Å². The molecular weight excluding hydrogens is 405 g/mol. The highest BCUT2D eigenvalue weighted by Gasteiger charge is 2.22. The quantitative estimate of drug-likeness (QED) is 0.704. The zero-order chi connectivity index (χ0) is 22.4. The molecule has 1 N–H and O–H groups in total. The highest BCUT2D eigenvalue weighted by atomic mass is 19.1. The molecule has 0 spiro atoms. The fourth-order valence-electron chi connectivity index (χ4n) is 3.43. The second-order valence-electron chi connectivity index (χ2n) is 7.01. The number of rotatable bonds is 6. The first-order chi connectivity index (χ1) is 14.9. The number of hydrogen-bond donors (Lipinski definition) is 1. The lowest BCUT2D eigenvalue weighted by atomic mass is 10.1. The van der Waals surface area contributed by atoms with Crippen LogP contribution in [0.5, 0.6) is 0 Å². The molecule has 8 nitrogen and oxygen atoms in total. The van der Waals surface area contributed by atoms with Crippen LogP contribution >= 0.6 is 0 Å². The Morgan fingerprint density at radius 3 is 2.29 bits per heavy atom. The molecule has 164 valence electrons. The van der Waals surface area contributed by atoms with Gasteiger partial charge in [0.25, 0.3) is 0 Å². The van der Waals surface area contributed by atoms with E-state index in [1.54, 1.807) is 18.2 Å². The second kappa shape index (κ2) is 10.0. The highest BCUT2D eigenvalue weighted by molar-refractivity contribution is 6.03. The van der Waals surface area contributed by atoms with Gasteiger partial charge in [0.2, 0.25) is 5.91 Å². The predicted molar refractivity (Wildman–Crippen MR) is 113 cm³/mol. The van der Waals surface area contributed by atoms with E-state index in [-0.39, 0.29) is 35.1 Å². The van der Waals surface area contributed by atoms with Crippen LogP contribution < -0.4 is 10.2 Å². The standard InChI is InChI=1S/C22H24FN3O5/c1-30-21(28)15-7-8-16(22(29)31-2)18(13-15)24-20(27)14-25-9-11-26(12-10-25)19-6-4-3-5-17(19)23/h3-8,13H,9-12,14H2,1-2H3,(H,24,27). The van der Waals surface area contributed by atoms with Gasteiger partial charge >= 0.3 is 11.9 Å². The molecule has 0 saturated carbocycles. The largest absolute Gasteiger partial charge is 0.465 e. The average Bonchev–Trinajstić information content (AvgIpc) is 2.79. The van der Waals surface area contributed by atoms with E-state index in [0.717, 1.165) is 0 Å². The van der Waals surface area contributed by atoms with E-state index in [2.05, 4.69) is 5.32 Å². The van der Waals surface area contributed by atoms with Crippen molar-refractivity contribution in [1.82, 2.24) is 4.90 Å². The lowest BCUT2D eigenvalue weighted by molar-refractivity contribution is -0.117. The fourth-order valence-corrected chi connectivity index (χ4v) is 3.43. The van der Waals surface area contributed by atoms with E-state index in [0.29, 0.717) is 31.9 Å². The molecule has 1 fully saturated rings. The van der Waals surface area contributed by atoms with Crippen molar-refractivity contribution in [2.75, 3.05) is 57.2 Å². The lowest BCUT2D eigenvalue weighted by Crippen LogP contribution is -2.49. The number of benzene rings is 2. The van der Waals surface area contributed by atoms with Gasteiger partial charge in [-0.05, 0) is 30.3 Å². The van der Waals surface area contributed by atoms with Gasteiger partial charge in [0.15, 0.2) is 0 Å². The molecule has 1 saturated heterocycles. The number of hydrogen-bond acceptors (Lipinski definition) is 7. The molecule has 1 heterocycles. The van der Waals surface area contributed by atoms with Gasteiger partial charge in [-0.25, -0.2) is 14.0 Å². The molecule has 2 aromatic carbocycles. The summed E-state index contributed by atoms with van der Waals surface area (Å²) in [6.07, 6.45) is 0. The molecule has 0 atom stereocenters. The average molecular weight is 429 g/mol. The molecule has 0 aliphatic carbocycles. The van der Waals surface area contributed by atoms with E-state index in [1.165, 1.54) is 38.5 Å². The zero-order valence-corrected chi connectivity index (χ0v) is 17.4. The Morgan fingerprint density at radius 2 is 1.65 bits per heavy atom. The first kappa shape index (κ1) is 22.2. The van der Waals surface area contributed by atoms with Crippen molar-refractivity contribution in [3.05, 3.63) is 59.4 Å². The number of methoxy groups -OCH3 is 2. The van der Waals surface area contributed by atoms with Gasteiger partial charge in [-0.15, -0.1) is 0 Å². The van der Waals surface area contributed by atoms with E-state index in [9.17, 15) is 18.8 Å². The smallest absolute Gasteiger partial charge is 0.339 e. The Bertz CT molecular complexity index is 973. The SMILES string of the molecule is COC(=O)c1ccc(C(=O)OC)c(NC(=O)CN2CCN(c3ccccc3F)CC2)c1. The Labute approximate surface area is 179 Å². The summed E-state index contributed by atoms with van der Waals surface area (Å²) in [5.74, 6) is -1.83. The summed E-state index contributed by atoms with van der Waals surface area (Å²) in [5, 5.41) is 2.68. The van der Waals surface area contributed by atoms with Crippen molar-refractivity contribution in [2.45, 2.75) is 0 Å². The van der Waals surface area contributed by atoms with Crippen LogP contribution in [0.4, 0.5) is 15.8 Å². The molecule has 0 radical (unpaired) electrons. The van der Waals surface area contributed by atoms with Crippen LogP contribution in [0.15, 0.2) is 42.5 Å². The molecule has 1 aliphatic heterocycles. The first-order valence-electron chi connectivity index (χ1n) is 9.75. The molecule has 0 unspecified atom stereocenters. The Balaban J connectivity index is 1.64. The summed E-state index contributed by atoms with van der Waals surface area (Å²) in [7, 11) is 2.48. The minimum atomic E-state index is -0.634. The maximum Gasteiger partial charge on any atom is 0.339 e. The Morgan fingerprint density at radius 1 is 0.968 bits per heavy atom. The van der Waals surface area contributed by atoms with Crippen LogP contribution in [-0.2, 0) is 14.3 Å². The number of carbonyl (C=O) groups is 3. The number of nitrogens with zero attached hydrogens (tertiary/aromatic N) is 2. The van der Waals surface area contributed by atoms with Gasteiger partial charge in [-0.3, -0.25) is 9.69 Å². The third-order valence-electron chi connectivity index (χ3n) is 5.05. The number of para-hydroxylation sites is 1. The van der Waals surface area contributed by atoms with Gasteiger partial charge in [-0.2, -0.15) is 0 Å². The molecule has 2 aromatic rings. The summed E-state index contributed by atoms with van der Waals surface area (Å²) in [5.41, 5.74) is 1.05. The summed E-state index contributed by atoms with van der Waals surface area (Å²) < 4.78 is 23.4. The molecule has 31 heavy (non-hydrogen) atoms. The van der Waals surface area contributed by atoms with Gasteiger partial charge in [0, 0.05) is 26.2 Å². The second-order valence-corrected chi connectivity index (χ2v) is 7.01. The van der Waals surface area contributed by atoms with Crippen LogP contribution in [0.3, 0.4) is 0 Å². The normalized spacial score (nSPS) is 14.1. The highest BCUT2D eigenvalue weighted by Crippen LogP contribution is 2.21. The molecule has 1 aliphatic rings. The molecule has 1 amide bonds. The van der Waals surface area contributed by atoms with Crippen molar-refractivity contribution in [2.24, 2.45) is 0 Å². The number of piperazine rings is 1. The third kappa shape index (κ3) is 5.37. The van der Waals surface area contributed by atoms with Gasteiger partial charge in [-0.1, -0.05) is 12.1 Å². The number of carbonyl (C=O) groups excluding carboxylic acids is 3. The first-order valence-corrected chi connectivity index (χ1v) is 9.75. The number of anilines is 2. The number of halogens is 1. The Hall–Kier alpha value is -3.46. The molecule has 3 rings (SSSR count). The van der Waals surface area contributed by atoms with Crippen molar-refractivity contribution >= 4 is 29.2 Å². The molecule has 9 heteroatoms. The van der Waals surface area contributed by atoms with Crippen LogP contribution in [0, 0.1) is 5.82 Å². The number of amides is 1. The van der Waals surface area contributed by atoms with E-state index in [4.69, 9.17) is 9.47 Å². The summed E-state index contributed by atoms with van der Waals surface area (Å²) in [4.78, 5) is 40.3. The Kier molecular flexibility index (Phi) is 7.19. The van der Waals surface area contributed by atoms with Gasteiger partial charge in [0.1, 0.15) is 5.82 Å². The van der Waals surface area contributed by atoms with Crippen LogP contribution in [0.2, 0.25) is 0 Å². The summed E-state index contributed by atoms with van der Waals surface area (Å²) in [6.45, 7) is 2.41. The van der Waals surface area contributed by atoms with Crippen LogP contribution in [0.25, 0.3) is 0 Å². The maximum absolute atomic E-state index is 14.0. The van der Waals surface area contributed by atoms with E-state index < -0.39 is 11.9 Å². The van der Waals surface area contributed by atoms with Crippen molar-refractivity contribution in [3.8, 4) is 0 Å². The summed E-state index contributed by atoms with van der Waals surface area (Å²) >= 11 is 0. The van der Waals surface area contributed by atoms with Crippen molar-refractivity contribution in [3.63, 3.8) is 0 Å². The minimum absolute atomic E-state index is 0.0914. The molecule has 0 aromatic heterocycles. The topological polar surface area (TPSA) is 88.2 Å². The monoisotopic (exact) mass is 429 g/mol. The number of ether oxygens (including phenoxy) is 2. The lowest BCUT2D eigenvalue weighted by Gasteiger charge is -2.35. The zero-order valence-electron chi connectivity index (χ0n) is 17.4. The summed E-state index contributed by atoms with van der Waals surface area (Å²) in [6, 6.07) is 10.8. The van der Waals surface area contributed by atoms with E-state index in [1.807, 2.05) is 9.80 Å². The van der Waals surface area contributed by atoms with Crippen LogP contribution in [0.1, 0.15) is 20.7 Å². The molecular formula is C22H24FN3O5. The predicted octanol–water partition coefficient (Wildman–Crippen LogP) is 2.16. The van der Waals surface area contributed by atoms with Crippen molar-refractivity contribution in [1.29, 1.82) is 0 Å². The molecule has 0 bridgehead atoms. The third-order valence-corrected chi connectivity index (χ3v) is 5.05. The van der Waals surface area contributed by atoms with Crippen molar-refractivity contribution < 1.29 is 28.2 Å². The van der Waals surface area contributed by atoms with Gasteiger partial charge in [0.05, 0.1) is 43.3 Å². The number of nitrogens with one attached hydrogen (secondary N) is 1. The maximum atomic E-state index is 14.0. The van der Waals surface area contributed by atoms with E-state index >= 15 is 0 Å². The van der Waals surface area contributed by atoms with Gasteiger partial charge < -0.3 is 19.7 Å². The minimum Gasteiger partial charge on any atom is -0.465 e. The fraction of sp³-hybridized carbons (Fsp3) is 0.318.